The quantitative estimate of drug-likeness (QED) is 0.339. The number of nitrogens with one attached hydrogen (secondary N) is 1. The molecule has 0 aliphatic rings. The van der Waals surface area contributed by atoms with Crippen LogP contribution >= 0.6 is 47.4 Å². The number of hydrogen-bond donors (Lipinski definition) is 2. The number of carbonyl (C=O) groups excluding carboxylic acids is 1. The van der Waals surface area contributed by atoms with E-state index in [0.717, 1.165) is 0 Å². The van der Waals surface area contributed by atoms with Gasteiger partial charge in [0.1, 0.15) is 0 Å². The van der Waals surface area contributed by atoms with Crippen LogP contribution in [0.2, 0.25) is 15.1 Å². The highest BCUT2D eigenvalue weighted by Crippen LogP contribution is 2.36. The summed E-state index contributed by atoms with van der Waals surface area (Å²) < 4.78 is 33.5. The first kappa shape index (κ1) is 25.3. The molecule has 0 aliphatic heterocycles. The zero-order chi connectivity index (χ0) is 22.5. The van der Waals surface area contributed by atoms with Gasteiger partial charge >= 0.3 is 5.97 Å². The molecule has 0 radical (unpaired) electrons. The lowest BCUT2D eigenvalue weighted by molar-refractivity contribution is -0.140. The molecule has 30 heavy (non-hydrogen) atoms. The molecule has 2 atom stereocenters. The van der Waals surface area contributed by atoms with Crippen molar-refractivity contribution in [2.24, 2.45) is 0 Å². The minimum absolute atomic E-state index is 0.0416. The highest BCUT2D eigenvalue weighted by Gasteiger charge is 2.24. The number of benzene rings is 2. The molecule has 0 aliphatic carbocycles. The summed E-state index contributed by atoms with van der Waals surface area (Å²) in [6, 6.07) is 8.90. The maximum atomic E-state index is 13.1. The van der Waals surface area contributed by atoms with Gasteiger partial charge in [0.25, 0.3) is 0 Å². The van der Waals surface area contributed by atoms with Crippen LogP contribution in [0.5, 0.6) is 0 Å². The van der Waals surface area contributed by atoms with Crippen molar-refractivity contribution < 1.29 is 17.9 Å². The van der Waals surface area contributed by atoms with Crippen LogP contribution in [0.1, 0.15) is 26.2 Å². The topological polar surface area (TPSA) is 72.5 Å². The van der Waals surface area contributed by atoms with Crippen molar-refractivity contribution in [2.75, 3.05) is 7.11 Å². The summed E-state index contributed by atoms with van der Waals surface area (Å²) in [6.07, 6.45) is 1.19. The number of sulfonamides is 1. The van der Waals surface area contributed by atoms with Gasteiger partial charge in [-0.25, -0.2) is 13.1 Å². The fraction of sp³-hybridized carbons (Fsp3) is 0.350. The molecule has 2 aromatic rings. The third-order valence-corrected chi connectivity index (χ3v) is 7.26. The highest BCUT2D eigenvalue weighted by molar-refractivity contribution is 7.89. The van der Waals surface area contributed by atoms with E-state index in [0.29, 0.717) is 39.0 Å². The second-order valence-electron chi connectivity index (χ2n) is 6.80. The molecule has 164 valence electrons. The third kappa shape index (κ3) is 7.04. The Kier molecular flexibility index (Phi) is 9.33. The summed E-state index contributed by atoms with van der Waals surface area (Å²) in [5, 5.41) is 0.922. The van der Waals surface area contributed by atoms with E-state index < -0.39 is 10.0 Å². The van der Waals surface area contributed by atoms with E-state index in [9.17, 15) is 13.2 Å². The number of halogens is 3. The molecule has 2 rings (SSSR count). The van der Waals surface area contributed by atoms with Crippen LogP contribution in [0.25, 0.3) is 11.1 Å². The minimum Gasteiger partial charge on any atom is -0.469 e. The van der Waals surface area contributed by atoms with Gasteiger partial charge in [0, 0.05) is 37.5 Å². The third-order valence-electron chi connectivity index (χ3n) is 4.37. The molecule has 0 saturated carbocycles. The Bertz CT molecular complexity index is 1020. The van der Waals surface area contributed by atoms with Crippen molar-refractivity contribution in [1.29, 1.82) is 0 Å². The summed E-state index contributed by atoms with van der Waals surface area (Å²) in [5.74, 6) is -0.354. The molecule has 0 heterocycles. The number of thiol groups is 1. The molecule has 0 fully saturated rings. The largest absolute Gasteiger partial charge is 0.469 e. The lowest BCUT2D eigenvalue weighted by Crippen LogP contribution is -2.33. The van der Waals surface area contributed by atoms with Crippen molar-refractivity contribution in [1.82, 2.24) is 4.72 Å². The molecule has 0 bridgehead atoms. The van der Waals surface area contributed by atoms with Crippen LogP contribution in [-0.4, -0.2) is 32.8 Å². The van der Waals surface area contributed by atoms with Gasteiger partial charge in [0.15, 0.2) is 0 Å². The van der Waals surface area contributed by atoms with E-state index in [4.69, 9.17) is 34.8 Å². The van der Waals surface area contributed by atoms with Gasteiger partial charge < -0.3 is 4.74 Å². The zero-order valence-electron chi connectivity index (χ0n) is 16.4. The number of methoxy groups -OCH3 is 1. The van der Waals surface area contributed by atoms with Gasteiger partial charge in [0.05, 0.1) is 18.4 Å². The van der Waals surface area contributed by atoms with Gasteiger partial charge in [-0.1, -0.05) is 34.8 Å². The Morgan fingerprint density at radius 3 is 2.30 bits per heavy atom. The number of carbonyl (C=O) groups is 1. The summed E-state index contributed by atoms with van der Waals surface area (Å²) in [7, 11) is -2.57. The fourth-order valence-corrected chi connectivity index (χ4v) is 5.20. The standard InChI is InChI=1S/C20H22Cl3NO4S2/c1-12(3-6-15(29)11-20(25)28-2)24-30(26,27)19-8-5-14(22)10-17(19)16-9-13(21)4-7-18(16)23/h4-5,7-10,12,15,24,29H,3,6,11H2,1-2H3/t12-,15-/m1/s1. The molecule has 5 nitrogen and oxygen atoms in total. The van der Waals surface area contributed by atoms with Crippen LogP contribution in [0.15, 0.2) is 41.3 Å². The Morgan fingerprint density at radius 2 is 1.67 bits per heavy atom. The Balaban J connectivity index is 2.24. The second kappa shape index (κ2) is 11.1. The van der Waals surface area contributed by atoms with Gasteiger partial charge in [-0.05, 0) is 56.2 Å². The molecule has 0 amide bonds. The van der Waals surface area contributed by atoms with E-state index in [1.54, 1.807) is 31.2 Å². The van der Waals surface area contributed by atoms with E-state index >= 15 is 0 Å². The predicted molar refractivity (Wildman–Crippen MR) is 125 cm³/mol. The first-order valence-corrected chi connectivity index (χ1v) is 12.2. The molecule has 0 spiro atoms. The smallest absolute Gasteiger partial charge is 0.306 e. The van der Waals surface area contributed by atoms with Crippen molar-refractivity contribution in [3.05, 3.63) is 51.5 Å². The molecule has 2 aromatic carbocycles. The van der Waals surface area contributed by atoms with Gasteiger partial charge in [-0.15, -0.1) is 0 Å². The van der Waals surface area contributed by atoms with E-state index in [1.165, 1.54) is 19.2 Å². The molecule has 0 unspecified atom stereocenters. The number of hydrogen-bond acceptors (Lipinski definition) is 5. The van der Waals surface area contributed by atoms with Crippen molar-refractivity contribution in [3.8, 4) is 11.1 Å². The van der Waals surface area contributed by atoms with Crippen LogP contribution in [0.4, 0.5) is 0 Å². The van der Waals surface area contributed by atoms with E-state index in [2.05, 4.69) is 22.1 Å². The minimum atomic E-state index is -3.89. The fourth-order valence-electron chi connectivity index (χ4n) is 2.86. The maximum Gasteiger partial charge on any atom is 0.306 e. The van der Waals surface area contributed by atoms with Gasteiger partial charge in [0.2, 0.25) is 10.0 Å². The maximum absolute atomic E-state index is 13.1. The molecular weight excluding hydrogens is 489 g/mol. The van der Waals surface area contributed by atoms with Crippen molar-refractivity contribution >= 4 is 63.4 Å². The van der Waals surface area contributed by atoms with Crippen LogP contribution < -0.4 is 4.72 Å². The Morgan fingerprint density at radius 1 is 1.07 bits per heavy atom. The van der Waals surface area contributed by atoms with Crippen molar-refractivity contribution in [2.45, 2.75) is 42.4 Å². The summed E-state index contributed by atoms with van der Waals surface area (Å²) in [4.78, 5) is 11.4. The predicted octanol–water partition coefficient (Wildman–Crippen LogP) is 5.62. The first-order chi connectivity index (χ1) is 14.0. The van der Waals surface area contributed by atoms with Gasteiger partial charge in [-0.3, -0.25) is 4.79 Å². The average molecular weight is 511 g/mol. The Hall–Kier alpha value is -0.960. The summed E-state index contributed by atoms with van der Waals surface area (Å²) >= 11 is 22.8. The van der Waals surface area contributed by atoms with E-state index in [-0.39, 0.29) is 28.6 Å². The normalized spacial score (nSPS) is 13.7. The summed E-state index contributed by atoms with van der Waals surface area (Å²) in [5.41, 5.74) is 0.820. The lowest BCUT2D eigenvalue weighted by atomic mass is 10.1. The number of esters is 1. The van der Waals surface area contributed by atoms with Gasteiger partial charge in [-0.2, -0.15) is 12.6 Å². The van der Waals surface area contributed by atoms with Crippen LogP contribution in [0, 0.1) is 0 Å². The van der Waals surface area contributed by atoms with E-state index in [1.807, 2.05) is 0 Å². The molecule has 10 heteroatoms. The molecular formula is C20H22Cl3NO4S2. The zero-order valence-corrected chi connectivity index (χ0v) is 20.3. The summed E-state index contributed by atoms with van der Waals surface area (Å²) in [6.45, 7) is 1.75. The van der Waals surface area contributed by atoms with Crippen LogP contribution in [0.3, 0.4) is 0 Å². The highest BCUT2D eigenvalue weighted by atomic mass is 35.5. The molecule has 0 aromatic heterocycles. The number of rotatable bonds is 9. The Labute approximate surface area is 197 Å². The lowest BCUT2D eigenvalue weighted by Gasteiger charge is -2.18. The average Bonchev–Trinajstić information content (AvgIpc) is 2.67. The van der Waals surface area contributed by atoms with Crippen molar-refractivity contribution in [3.63, 3.8) is 0 Å². The first-order valence-electron chi connectivity index (χ1n) is 9.05. The van der Waals surface area contributed by atoms with Crippen LogP contribution in [-0.2, 0) is 19.6 Å². The number of ether oxygens (including phenoxy) is 1. The second-order valence-corrected chi connectivity index (χ2v) is 10.5. The monoisotopic (exact) mass is 509 g/mol. The molecule has 1 N–H and O–H groups in total. The SMILES string of the molecule is COC(=O)C[C@H](S)CC[C@@H](C)NS(=O)(=O)c1ccc(Cl)cc1-c1cc(Cl)ccc1Cl. The molecule has 0 saturated heterocycles.